The first-order valence-corrected chi connectivity index (χ1v) is 6.13. The zero-order valence-electron chi connectivity index (χ0n) is 11.2. The number of ether oxygens (including phenoxy) is 1. The molecule has 0 fully saturated rings. The van der Waals surface area contributed by atoms with Gasteiger partial charge in [0.15, 0.2) is 11.5 Å². The number of phenolic OH excluding ortho intramolecular Hbond substituents is 1. The fourth-order valence-electron chi connectivity index (χ4n) is 2.36. The van der Waals surface area contributed by atoms with E-state index in [1.54, 1.807) is 0 Å². The quantitative estimate of drug-likeness (QED) is 0.578. The van der Waals surface area contributed by atoms with Crippen molar-refractivity contribution in [3.8, 4) is 11.5 Å². The van der Waals surface area contributed by atoms with Crippen molar-refractivity contribution < 1.29 is 34.4 Å². The zero-order valence-corrected chi connectivity index (χ0v) is 11.2. The Morgan fingerprint density at radius 2 is 2.00 bits per heavy atom. The maximum atomic E-state index is 12.5. The van der Waals surface area contributed by atoms with Gasteiger partial charge in [0.05, 0.1) is 5.39 Å². The Kier molecular flexibility index (Phi) is 2.86. The minimum atomic E-state index is -1.62. The highest BCUT2D eigenvalue weighted by molar-refractivity contribution is 6.06. The number of phenols is 2. The third-order valence-corrected chi connectivity index (χ3v) is 3.29. The van der Waals surface area contributed by atoms with E-state index in [0.29, 0.717) is 5.76 Å². The molecule has 1 aliphatic heterocycles. The molecule has 8 nitrogen and oxygen atoms in total. The number of carboxylic acid groups (broad SMARTS) is 1. The summed E-state index contributed by atoms with van der Waals surface area (Å²) in [6, 6.07) is 0.934. The normalized spacial score (nSPS) is 16.8. The predicted octanol–water partition coefficient (Wildman–Crippen LogP) is 1.28. The van der Waals surface area contributed by atoms with Gasteiger partial charge in [-0.1, -0.05) is 0 Å². The zero-order chi connectivity index (χ0) is 16.2. The molecular weight excluding hydrogens is 296 g/mol. The lowest BCUT2D eigenvalue weighted by Crippen LogP contribution is -2.21. The molecule has 1 aromatic carbocycles. The molecule has 0 spiro atoms. The predicted molar refractivity (Wildman–Crippen MR) is 72.5 cm³/mol. The number of allylic oxidation sites excluding steroid dienone is 1. The number of carboxylic acids is 1. The number of aliphatic hydroxyl groups excluding tert-OH is 1. The summed E-state index contributed by atoms with van der Waals surface area (Å²) in [4.78, 5) is 23.8. The fraction of sp³-hybridized carbons (Fsp3) is 0.143. The second kappa shape index (κ2) is 4.50. The van der Waals surface area contributed by atoms with Crippen LogP contribution in [-0.2, 0) is 4.74 Å². The Morgan fingerprint density at radius 3 is 2.64 bits per heavy atom. The Morgan fingerprint density at radius 1 is 1.32 bits per heavy atom. The van der Waals surface area contributed by atoms with Gasteiger partial charge in [-0.25, -0.2) is 4.79 Å². The van der Waals surface area contributed by atoms with Gasteiger partial charge in [0.2, 0.25) is 11.7 Å². The second-order valence-electron chi connectivity index (χ2n) is 4.73. The van der Waals surface area contributed by atoms with Crippen LogP contribution in [0.2, 0.25) is 0 Å². The molecule has 1 unspecified atom stereocenters. The molecule has 4 N–H and O–H groups in total. The van der Waals surface area contributed by atoms with Crippen molar-refractivity contribution in [1.29, 1.82) is 0 Å². The summed E-state index contributed by atoms with van der Waals surface area (Å²) >= 11 is 0. The molecule has 2 heterocycles. The van der Waals surface area contributed by atoms with Crippen LogP contribution < -0.4 is 5.43 Å². The van der Waals surface area contributed by atoms with Crippen molar-refractivity contribution in [3.05, 3.63) is 38.9 Å². The molecule has 1 aliphatic rings. The van der Waals surface area contributed by atoms with E-state index in [-0.39, 0.29) is 16.9 Å². The van der Waals surface area contributed by atoms with Crippen LogP contribution in [0.4, 0.5) is 0 Å². The van der Waals surface area contributed by atoms with E-state index in [9.17, 15) is 24.9 Å². The molecule has 1 atom stereocenters. The van der Waals surface area contributed by atoms with Gasteiger partial charge in [0.1, 0.15) is 28.2 Å². The highest BCUT2D eigenvalue weighted by Crippen LogP contribution is 2.37. The van der Waals surface area contributed by atoms with Crippen LogP contribution in [0.15, 0.2) is 21.0 Å². The van der Waals surface area contributed by atoms with Crippen LogP contribution in [-0.4, -0.2) is 26.4 Å². The second-order valence-corrected chi connectivity index (χ2v) is 4.73. The molecule has 2 aromatic rings. The topological polar surface area (TPSA) is 137 Å². The van der Waals surface area contributed by atoms with Gasteiger partial charge in [-0.05, 0) is 6.92 Å². The number of rotatable bonds is 1. The van der Waals surface area contributed by atoms with Gasteiger partial charge in [0, 0.05) is 12.1 Å². The average Bonchev–Trinajstić information content (AvgIpc) is 2.39. The number of aromatic hydroxyl groups is 2. The first-order chi connectivity index (χ1) is 10.3. The maximum absolute atomic E-state index is 12.5. The van der Waals surface area contributed by atoms with Gasteiger partial charge in [-0.15, -0.1) is 0 Å². The van der Waals surface area contributed by atoms with E-state index in [1.165, 1.54) is 13.0 Å². The molecule has 0 amide bonds. The lowest BCUT2D eigenvalue weighted by atomic mass is 10.0. The van der Waals surface area contributed by atoms with Gasteiger partial charge >= 0.3 is 5.97 Å². The Bertz CT molecular complexity index is 905. The smallest absolute Gasteiger partial charge is 0.340 e. The van der Waals surface area contributed by atoms with E-state index in [0.717, 1.165) is 6.07 Å². The highest BCUT2D eigenvalue weighted by Gasteiger charge is 2.30. The number of benzene rings is 1. The molecule has 1 aromatic heterocycles. The van der Waals surface area contributed by atoms with Gasteiger partial charge in [-0.3, -0.25) is 4.79 Å². The van der Waals surface area contributed by atoms with E-state index in [2.05, 4.69) is 0 Å². The van der Waals surface area contributed by atoms with Crippen LogP contribution >= 0.6 is 0 Å². The standard InChI is InChI=1S/C14H10O8/c1-4-2-6-9(14(20)21-4)12(17)8-7(22-6)3-5(15)11(16)10(8)13(18)19/h2-3,14-16,20H,1H3,(H,18,19). The van der Waals surface area contributed by atoms with Crippen LogP contribution in [0.3, 0.4) is 0 Å². The number of hydrogen-bond donors (Lipinski definition) is 4. The summed E-state index contributed by atoms with van der Waals surface area (Å²) in [6.07, 6.45) is -0.258. The van der Waals surface area contributed by atoms with E-state index < -0.39 is 40.1 Å². The summed E-state index contributed by atoms with van der Waals surface area (Å²) in [5, 5.41) is 37.8. The molecule has 0 radical (unpaired) electrons. The highest BCUT2D eigenvalue weighted by atomic mass is 16.6. The Hall–Kier alpha value is -3.00. The summed E-state index contributed by atoms with van der Waals surface area (Å²) in [6.45, 7) is 1.54. The molecule has 3 rings (SSSR count). The Balaban J connectivity index is 2.54. The summed E-state index contributed by atoms with van der Waals surface area (Å²) < 4.78 is 10.4. The number of aliphatic hydroxyl groups is 1. The van der Waals surface area contributed by atoms with Gasteiger partial charge in [0.25, 0.3) is 0 Å². The summed E-state index contributed by atoms with van der Waals surface area (Å²) in [5.74, 6) is -3.02. The van der Waals surface area contributed by atoms with Crippen molar-refractivity contribution in [3.63, 3.8) is 0 Å². The third kappa shape index (κ3) is 1.81. The van der Waals surface area contributed by atoms with Gasteiger partial charge < -0.3 is 29.6 Å². The molecule has 114 valence electrons. The monoisotopic (exact) mass is 306 g/mol. The van der Waals surface area contributed by atoms with Crippen molar-refractivity contribution in [2.75, 3.05) is 0 Å². The van der Waals surface area contributed by atoms with Crippen LogP contribution in [0.5, 0.6) is 11.5 Å². The largest absolute Gasteiger partial charge is 0.504 e. The molecule has 0 bridgehead atoms. The first kappa shape index (κ1) is 14.0. The lowest BCUT2D eigenvalue weighted by Gasteiger charge is -2.20. The van der Waals surface area contributed by atoms with Crippen LogP contribution in [0.25, 0.3) is 17.0 Å². The molecular formula is C14H10O8. The minimum Gasteiger partial charge on any atom is -0.504 e. The van der Waals surface area contributed by atoms with Crippen molar-refractivity contribution in [2.24, 2.45) is 0 Å². The first-order valence-electron chi connectivity index (χ1n) is 6.13. The van der Waals surface area contributed by atoms with E-state index in [1.807, 2.05) is 0 Å². The molecule has 8 heteroatoms. The SMILES string of the molecule is CC1=Cc2oc3cc(O)c(O)c(C(=O)O)c3c(=O)c2C(O)O1. The molecule has 22 heavy (non-hydrogen) atoms. The van der Waals surface area contributed by atoms with Gasteiger partial charge in [-0.2, -0.15) is 0 Å². The number of fused-ring (bicyclic) bond motifs is 2. The molecule has 0 saturated carbocycles. The summed E-state index contributed by atoms with van der Waals surface area (Å²) in [7, 11) is 0. The lowest BCUT2D eigenvalue weighted by molar-refractivity contribution is -0.0710. The number of carbonyl (C=O) groups is 1. The fourth-order valence-corrected chi connectivity index (χ4v) is 2.36. The van der Waals surface area contributed by atoms with Crippen LogP contribution in [0.1, 0.15) is 34.9 Å². The van der Waals surface area contributed by atoms with Crippen molar-refractivity contribution in [1.82, 2.24) is 0 Å². The van der Waals surface area contributed by atoms with E-state index >= 15 is 0 Å². The van der Waals surface area contributed by atoms with Crippen LogP contribution in [0, 0.1) is 0 Å². The van der Waals surface area contributed by atoms with E-state index in [4.69, 9.17) is 14.3 Å². The van der Waals surface area contributed by atoms with Crippen molar-refractivity contribution in [2.45, 2.75) is 13.2 Å². The third-order valence-electron chi connectivity index (χ3n) is 3.29. The minimum absolute atomic E-state index is 0.00446. The molecule has 0 saturated heterocycles. The Labute approximate surface area is 122 Å². The number of aromatic carboxylic acids is 1. The summed E-state index contributed by atoms with van der Waals surface area (Å²) in [5.41, 5.74) is -2.16. The maximum Gasteiger partial charge on any atom is 0.340 e. The molecule has 0 aliphatic carbocycles. The average molecular weight is 306 g/mol. The van der Waals surface area contributed by atoms with Crippen molar-refractivity contribution >= 4 is 23.0 Å². The number of hydrogen-bond acceptors (Lipinski definition) is 7.